The number of carbonyl (C=O) groups is 1. The summed E-state index contributed by atoms with van der Waals surface area (Å²) in [5.41, 5.74) is 3.01. The standard InChI is InChI=1S/C16H17BrN4O2/c1-9-2-5-12(11(17)6-9)19-14-7-13(10-3-4-10)20-16(21-14)18-8-15(22)23/h2,5-7,10H,3-4,8H2,1H3,(H,22,23)(H2,18,19,20,21). The van der Waals surface area contributed by atoms with E-state index in [9.17, 15) is 4.79 Å². The summed E-state index contributed by atoms with van der Waals surface area (Å²) in [6.07, 6.45) is 2.23. The number of carboxylic acids is 1. The summed E-state index contributed by atoms with van der Waals surface area (Å²) in [7, 11) is 0. The van der Waals surface area contributed by atoms with E-state index in [1.165, 1.54) is 0 Å². The van der Waals surface area contributed by atoms with Gasteiger partial charge in [0.2, 0.25) is 5.95 Å². The summed E-state index contributed by atoms with van der Waals surface area (Å²) in [5.74, 6) is 0.494. The van der Waals surface area contributed by atoms with Gasteiger partial charge in [-0.1, -0.05) is 6.07 Å². The molecular formula is C16H17BrN4O2. The lowest BCUT2D eigenvalue weighted by atomic mass is 10.2. The highest BCUT2D eigenvalue weighted by Crippen LogP contribution is 2.40. The van der Waals surface area contributed by atoms with E-state index in [1.807, 2.05) is 31.2 Å². The zero-order valence-electron chi connectivity index (χ0n) is 12.6. The summed E-state index contributed by atoms with van der Waals surface area (Å²) < 4.78 is 0.948. The lowest BCUT2D eigenvalue weighted by molar-refractivity contribution is -0.134. The van der Waals surface area contributed by atoms with Crippen LogP contribution in [0.25, 0.3) is 0 Å². The number of carboxylic acid groups (broad SMARTS) is 1. The van der Waals surface area contributed by atoms with Crippen LogP contribution in [0, 0.1) is 6.92 Å². The number of benzene rings is 1. The van der Waals surface area contributed by atoms with Crippen LogP contribution < -0.4 is 10.6 Å². The average Bonchev–Trinajstić information content (AvgIpc) is 3.33. The van der Waals surface area contributed by atoms with Crippen molar-refractivity contribution in [3.8, 4) is 0 Å². The van der Waals surface area contributed by atoms with Crippen LogP contribution in [0.4, 0.5) is 17.5 Å². The molecule has 0 unspecified atom stereocenters. The Morgan fingerprint density at radius 1 is 1.35 bits per heavy atom. The van der Waals surface area contributed by atoms with Gasteiger partial charge in [0.1, 0.15) is 12.4 Å². The maximum Gasteiger partial charge on any atom is 0.322 e. The summed E-state index contributed by atoms with van der Waals surface area (Å²) in [5, 5.41) is 14.8. The number of aromatic nitrogens is 2. The molecule has 3 rings (SSSR count). The van der Waals surface area contributed by atoms with E-state index >= 15 is 0 Å². The van der Waals surface area contributed by atoms with Gasteiger partial charge in [0, 0.05) is 16.5 Å². The van der Waals surface area contributed by atoms with Gasteiger partial charge in [-0.2, -0.15) is 4.98 Å². The van der Waals surface area contributed by atoms with Crippen molar-refractivity contribution in [2.45, 2.75) is 25.7 Å². The molecule has 7 heteroatoms. The number of aliphatic carboxylic acids is 1. The molecule has 1 aromatic heterocycles. The number of aryl methyl sites for hydroxylation is 1. The van der Waals surface area contributed by atoms with Crippen molar-refractivity contribution in [1.82, 2.24) is 9.97 Å². The van der Waals surface area contributed by atoms with Crippen molar-refractivity contribution < 1.29 is 9.90 Å². The summed E-state index contributed by atoms with van der Waals surface area (Å²) in [6.45, 7) is 1.82. The Hall–Kier alpha value is -2.15. The minimum atomic E-state index is -0.943. The quantitative estimate of drug-likeness (QED) is 0.712. The lowest BCUT2D eigenvalue weighted by Crippen LogP contribution is -2.15. The monoisotopic (exact) mass is 376 g/mol. The summed E-state index contributed by atoms with van der Waals surface area (Å²) >= 11 is 3.53. The Balaban J connectivity index is 1.86. The molecule has 6 nitrogen and oxygen atoms in total. The number of anilines is 3. The lowest BCUT2D eigenvalue weighted by Gasteiger charge is -2.12. The molecule has 120 valence electrons. The molecule has 0 aliphatic heterocycles. The van der Waals surface area contributed by atoms with Crippen LogP contribution in [0.5, 0.6) is 0 Å². The molecule has 1 aliphatic carbocycles. The van der Waals surface area contributed by atoms with Gasteiger partial charge in [-0.3, -0.25) is 4.79 Å². The van der Waals surface area contributed by atoms with Gasteiger partial charge in [0.25, 0.3) is 0 Å². The molecule has 2 aromatic rings. The van der Waals surface area contributed by atoms with Crippen LogP contribution in [-0.2, 0) is 4.79 Å². The van der Waals surface area contributed by atoms with Gasteiger partial charge in [-0.15, -0.1) is 0 Å². The van der Waals surface area contributed by atoms with Crippen LogP contribution in [0.3, 0.4) is 0 Å². The van der Waals surface area contributed by atoms with E-state index < -0.39 is 5.97 Å². The summed E-state index contributed by atoms with van der Waals surface area (Å²) in [4.78, 5) is 19.5. The molecule has 0 bridgehead atoms. The van der Waals surface area contributed by atoms with E-state index in [2.05, 4.69) is 36.5 Å². The first kappa shape index (κ1) is 15.7. The van der Waals surface area contributed by atoms with E-state index in [1.54, 1.807) is 0 Å². The smallest absolute Gasteiger partial charge is 0.322 e. The summed E-state index contributed by atoms with van der Waals surface area (Å²) in [6, 6.07) is 7.94. The van der Waals surface area contributed by atoms with Crippen LogP contribution in [0.1, 0.15) is 30.0 Å². The Kier molecular flexibility index (Phi) is 4.47. The first-order valence-electron chi connectivity index (χ1n) is 7.39. The van der Waals surface area contributed by atoms with Gasteiger partial charge in [-0.05, 0) is 53.4 Å². The minimum Gasteiger partial charge on any atom is -0.480 e. The highest BCUT2D eigenvalue weighted by molar-refractivity contribution is 9.10. The van der Waals surface area contributed by atoms with E-state index in [0.29, 0.717) is 17.7 Å². The largest absolute Gasteiger partial charge is 0.480 e. The fraction of sp³-hybridized carbons (Fsp3) is 0.312. The molecule has 1 aromatic carbocycles. The second-order valence-corrected chi connectivity index (χ2v) is 6.49. The predicted octanol–water partition coefficient (Wildman–Crippen LogP) is 3.67. The molecule has 0 saturated heterocycles. The topological polar surface area (TPSA) is 87.1 Å². The third-order valence-electron chi connectivity index (χ3n) is 3.53. The molecule has 1 fully saturated rings. The molecule has 1 heterocycles. The van der Waals surface area contributed by atoms with E-state index in [-0.39, 0.29) is 6.54 Å². The van der Waals surface area contributed by atoms with E-state index in [0.717, 1.165) is 34.3 Å². The molecule has 1 saturated carbocycles. The number of nitrogens with zero attached hydrogens (tertiary/aromatic N) is 2. The third-order valence-corrected chi connectivity index (χ3v) is 4.18. The first-order valence-corrected chi connectivity index (χ1v) is 8.18. The SMILES string of the molecule is Cc1ccc(Nc2cc(C3CC3)nc(NCC(=O)O)n2)c(Br)c1. The van der Waals surface area contributed by atoms with Crippen molar-refractivity contribution in [2.24, 2.45) is 0 Å². The van der Waals surface area contributed by atoms with Crippen LogP contribution in [-0.4, -0.2) is 27.6 Å². The Morgan fingerprint density at radius 3 is 2.78 bits per heavy atom. The fourth-order valence-corrected chi connectivity index (χ4v) is 2.80. The second kappa shape index (κ2) is 6.54. The third kappa shape index (κ3) is 4.19. The minimum absolute atomic E-state index is 0.207. The number of halogens is 1. The Labute approximate surface area is 142 Å². The molecule has 1 aliphatic rings. The number of rotatable bonds is 6. The number of hydrogen-bond acceptors (Lipinski definition) is 5. The van der Waals surface area contributed by atoms with Gasteiger partial charge in [0.05, 0.1) is 11.4 Å². The molecular weight excluding hydrogens is 360 g/mol. The van der Waals surface area contributed by atoms with Gasteiger partial charge in [0.15, 0.2) is 0 Å². The molecule has 3 N–H and O–H groups in total. The molecule has 0 atom stereocenters. The van der Waals surface area contributed by atoms with Crippen LogP contribution in [0.2, 0.25) is 0 Å². The first-order chi connectivity index (χ1) is 11.0. The molecule has 0 amide bonds. The predicted molar refractivity (Wildman–Crippen MR) is 92.3 cm³/mol. The number of hydrogen-bond donors (Lipinski definition) is 3. The van der Waals surface area contributed by atoms with Gasteiger partial charge >= 0.3 is 5.97 Å². The maximum atomic E-state index is 10.7. The van der Waals surface area contributed by atoms with Crippen LogP contribution in [0.15, 0.2) is 28.7 Å². The van der Waals surface area contributed by atoms with Crippen molar-refractivity contribution in [1.29, 1.82) is 0 Å². The van der Waals surface area contributed by atoms with Crippen molar-refractivity contribution >= 4 is 39.4 Å². The molecule has 23 heavy (non-hydrogen) atoms. The maximum absolute atomic E-state index is 10.7. The highest BCUT2D eigenvalue weighted by Gasteiger charge is 2.26. The zero-order chi connectivity index (χ0) is 16.4. The van der Waals surface area contributed by atoms with Crippen molar-refractivity contribution in [3.05, 3.63) is 40.0 Å². The number of nitrogens with one attached hydrogen (secondary N) is 2. The normalized spacial score (nSPS) is 13.7. The second-order valence-electron chi connectivity index (χ2n) is 5.63. The van der Waals surface area contributed by atoms with Gasteiger partial charge in [-0.25, -0.2) is 4.98 Å². The van der Waals surface area contributed by atoms with E-state index in [4.69, 9.17) is 5.11 Å². The highest BCUT2D eigenvalue weighted by atomic mass is 79.9. The van der Waals surface area contributed by atoms with Gasteiger partial charge < -0.3 is 15.7 Å². The Bertz CT molecular complexity index is 747. The molecule has 0 spiro atoms. The Morgan fingerprint density at radius 2 is 2.13 bits per heavy atom. The van der Waals surface area contributed by atoms with Crippen molar-refractivity contribution in [3.63, 3.8) is 0 Å². The molecule has 0 radical (unpaired) electrons. The fourth-order valence-electron chi connectivity index (χ4n) is 2.21. The average molecular weight is 377 g/mol. The van der Waals surface area contributed by atoms with Crippen molar-refractivity contribution in [2.75, 3.05) is 17.2 Å². The van der Waals surface area contributed by atoms with Crippen LogP contribution >= 0.6 is 15.9 Å². The zero-order valence-corrected chi connectivity index (χ0v) is 14.2.